The van der Waals surface area contributed by atoms with E-state index >= 15 is 0 Å². The Bertz CT molecular complexity index is 995. The molecule has 2 aromatic carbocycles. The summed E-state index contributed by atoms with van der Waals surface area (Å²) in [6.45, 7) is 5.86. The van der Waals surface area contributed by atoms with Crippen LogP contribution < -0.4 is 10.1 Å². The molecular weight excluding hydrogens is 436 g/mol. The van der Waals surface area contributed by atoms with E-state index in [1.807, 2.05) is 18.2 Å². The van der Waals surface area contributed by atoms with Crippen molar-refractivity contribution in [3.8, 4) is 5.75 Å². The Kier molecular flexibility index (Phi) is 7.76. The van der Waals surface area contributed by atoms with Crippen LogP contribution in [0.1, 0.15) is 88.7 Å². The Morgan fingerprint density at radius 3 is 2.59 bits per heavy atom. The second-order valence-electron chi connectivity index (χ2n) is 10.4. The molecule has 0 spiro atoms. The van der Waals surface area contributed by atoms with Crippen LogP contribution in [-0.2, 0) is 4.79 Å². The number of ether oxygens (including phenoxy) is 1. The van der Waals surface area contributed by atoms with Gasteiger partial charge in [-0.3, -0.25) is 4.79 Å². The van der Waals surface area contributed by atoms with Crippen molar-refractivity contribution >= 4 is 16.7 Å². The summed E-state index contributed by atoms with van der Waals surface area (Å²) in [7, 11) is 0. The van der Waals surface area contributed by atoms with Gasteiger partial charge in [0.05, 0.1) is 18.1 Å². The zero-order valence-corrected chi connectivity index (χ0v) is 20.3. The maximum absolute atomic E-state index is 14.2. The number of carboxylic acids is 1. The molecule has 0 amide bonds. The first-order chi connectivity index (χ1) is 16.3. The van der Waals surface area contributed by atoms with Crippen molar-refractivity contribution in [1.82, 2.24) is 5.32 Å². The molecule has 1 aliphatic carbocycles. The number of carbonyl (C=O) groups is 1. The fourth-order valence-corrected chi connectivity index (χ4v) is 6.31. The number of alkyl halides is 2. The quantitative estimate of drug-likeness (QED) is 0.430. The third kappa shape index (κ3) is 5.22. The minimum absolute atomic E-state index is 0.00965. The lowest BCUT2D eigenvalue weighted by molar-refractivity contribution is -0.140. The number of nitrogens with one attached hydrogen (secondary N) is 1. The van der Waals surface area contributed by atoms with E-state index in [1.54, 1.807) is 12.1 Å². The van der Waals surface area contributed by atoms with E-state index in [-0.39, 0.29) is 29.4 Å². The van der Waals surface area contributed by atoms with Crippen molar-refractivity contribution in [2.45, 2.75) is 83.7 Å². The number of aliphatic carboxylic acids is 1. The molecule has 4 nitrogen and oxygen atoms in total. The van der Waals surface area contributed by atoms with Gasteiger partial charge in [0.25, 0.3) is 6.43 Å². The summed E-state index contributed by atoms with van der Waals surface area (Å²) in [4.78, 5) is 11.8. The van der Waals surface area contributed by atoms with Crippen LogP contribution in [0.25, 0.3) is 10.8 Å². The smallest absolute Gasteiger partial charge is 0.303 e. The zero-order valence-electron chi connectivity index (χ0n) is 20.3. The number of halogens is 2. The average Bonchev–Trinajstić information content (AvgIpc) is 2.80. The van der Waals surface area contributed by atoms with Gasteiger partial charge in [0.2, 0.25) is 0 Å². The molecule has 2 aromatic rings. The highest BCUT2D eigenvalue weighted by molar-refractivity contribution is 5.89. The normalized spacial score (nSPS) is 26.5. The summed E-state index contributed by atoms with van der Waals surface area (Å²) in [5.74, 6) is 0.207. The molecule has 2 atom stereocenters. The first kappa shape index (κ1) is 24.9. The van der Waals surface area contributed by atoms with Gasteiger partial charge in [0.1, 0.15) is 5.75 Å². The third-order valence-electron chi connectivity index (χ3n) is 8.08. The summed E-state index contributed by atoms with van der Waals surface area (Å²) < 4.78 is 34.6. The minimum Gasteiger partial charge on any atom is -0.490 e. The second-order valence-corrected chi connectivity index (χ2v) is 10.4. The van der Waals surface area contributed by atoms with Crippen LogP contribution in [0.15, 0.2) is 30.3 Å². The van der Waals surface area contributed by atoms with Gasteiger partial charge in [-0.15, -0.1) is 0 Å². The largest absolute Gasteiger partial charge is 0.490 e. The number of rotatable bonds is 8. The Hall–Kier alpha value is -2.21. The number of piperidine rings is 1. The van der Waals surface area contributed by atoms with Crippen molar-refractivity contribution in [1.29, 1.82) is 0 Å². The number of benzene rings is 2. The Morgan fingerprint density at radius 2 is 1.97 bits per heavy atom. The van der Waals surface area contributed by atoms with Crippen molar-refractivity contribution in [2.75, 3.05) is 13.1 Å². The standard InChI is InChI=1S/C28H37F2NO3/c1-3-23(28(16-25(32)33)13-4-14-31-17-28)20-7-11-22-19(15-20)8-12-24(26(22)27(29)30)34-21-9-5-18(2)6-10-21/h7-8,11-12,15,18,21,23,27,31H,3-6,9-10,13-14,16-17H2,1-2H3,(H,32,33)/t18-,21+,23-,28+/m1/s1. The number of hydrogen-bond donors (Lipinski definition) is 2. The van der Waals surface area contributed by atoms with Crippen molar-refractivity contribution in [2.24, 2.45) is 11.3 Å². The summed E-state index contributed by atoms with van der Waals surface area (Å²) in [6, 6.07) is 9.27. The van der Waals surface area contributed by atoms with Crippen LogP contribution >= 0.6 is 0 Å². The topological polar surface area (TPSA) is 58.6 Å². The van der Waals surface area contributed by atoms with Crippen LogP contribution in [0.5, 0.6) is 5.75 Å². The van der Waals surface area contributed by atoms with Gasteiger partial charge in [0, 0.05) is 12.0 Å². The second kappa shape index (κ2) is 10.6. The van der Waals surface area contributed by atoms with Gasteiger partial charge in [-0.25, -0.2) is 8.78 Å². The summed E-state index contributed by atoms with van der Waals surface area (Å²) in [5, 5.41) is 14.3. The highest BCUT2D eigenvalue weighted by Crippen LogP contribution is 2.47. The van der Waals surface area contributed by atoms with Gasteiger partial charge in [-0.1, -0.05) is 38.1 Å². The van der Waals surface area contributed by atoms with Gasteiger partial charge in [-0.05, 0) is 85.7 Å². The molecule has 1 heterocycles. The van der Waals surface area contributed by atoms with E-state index < -0.39 is 12.4 Å². The van der Waals surface area contributed by atoms with Crippen molar-refractivity contribution in [3.05, 3.63) is 41.5 Å². The van der Waals surface area contributed by atoms with Crippen LogP contribution in [0, 0.1) is 11.3 Å². The highest BCUT2D eigenvalue weighted by Gasteiger charge is 2.41. The molecular formula is C28H37F2NO3. The molecule has 4 rings (SSSR count). The average molecular weight is 474 g/mol. The molecule has 2 N–H and O–H groups in total. The van der Waals surface area contributed by atoms with Crippen LogP contribution in [0.4, 0.5) is 8.78 Å². The van der Waals surface area contributed by atoms with Crippen molar-refractivity contribution in [3.63, 3.8) is 0 Å². The lowest BCUT2D eigenvalue weighted by Crippen LogP contribution is -2.45. The predicted molar refractivity (Wildman–Crippen MR) is 131 cm³/mol. The monoisotopic (exact) mass is 473 g/mol. The summed E-state index contributed by atoms with van der Waals surface area (Å²) >= 11 is 0. The van der Waals surface area contributed by atoms with E-state index in [9.17, 15) is 18.7 Å². The van der Waals surface area contributed by atoms with Crippen LogP contribution in [-0.4, -0.2) is 30.3 Å². The SMILES string of the molecule is CC[C@H](c1ccc2c(C(F)F)c(O[C@H]3CC[C@@H](C)CC3)ccc2c1)[C@]1(CC(=O)O)CCCNC1. The Labute approximate surface area is 201 Å². The van der Waals surface area contributed by atoms with E-state index in [2.05, 4.69) is 19.2 Å². The molecule has 2 fully saturated rings. The van der Waals surface area contributed by atoms with Gasteiger partial charge in [0.15, 0.2) is 0 Å². The predicted octanol–water partition coefficient (Wildman–Crippen LogP) is 7.07. The first-order valence-electron chi connectivity index (χ1n) is 12.8. The molecule has 0 radical (unpaired) electrons. The van der Waals surface area contributed by atoms with E-state index in [0.717, 1.165) is 62.4 Å². The van der Waals surface area contributed by atoms with Crippen LogP contribution in [0.3, 0.4) is 0 Å². The molecule has 1 aliphatic heterocycles. The molecule has 186 valence electrons. The molecule has 1 saturated carbocycles. The first-order valence-corrected chi connectivity index (χ1v) is 12.8. The van der Waals surface area contributed by atoms with Gasteiger partial charge in [-0.2, -0.15) is 0 Å². The molecule has 2 aliphatic rings. The number of fused-ring (bicyclic) bond motifs is 1. The fourth-order valence-electron chi connectivity index (χ4n) is 6.31. The van der Waals surface area contributed by atoms with E-state index in [4.69, 9.17) is 4.74 Å². The minimum atomic E-state index is -2.63. The van der Waals surface area contributed by atoms with E-state index in [1.165, 1.54) is 0 Å². The Morgan fingerprint density at radius 1 is 1.21 bits per heavy atom. The van der Waals surface area contributed by atoms with Gasteiger partial charge >= 0.3 is 5.97 Å². The fraction of sp³-hybridized carbons (Fsp3) is 0.607. The molecule has 6 heteroatoms. The lowest BCUT2D eigenvalue weighted by atomic mass is 9.64. The number of hydrogen-bond acceptors (Lipinski definition) is 3. The van der Waals surface area contributed by atoms with Crippen molar-refractivity contribution < 1.29 is 23.4 Å². The molecule has 0 bridgehead atoms. The maximum Gasteiger partial charge on any atom is 0.303 e. The van der Waals surface area contributed by atoms with E-state index in [0.29, 0.717) is 23.6 Å². The third-order valence-corrected chi connectivity index (χ3v) is 8.08. The molecule has 0 aromatic heterocycles. The number of carboxylic acid groups (broad SMARTS) is 1. The maximum atomic E-state index is 14.2. The summed E-state index contributed by atoms with van der Waals surface area (Å²) in [5.41, 5.74) is 0.615. The molecule has 0 unspecified atom stereocenters. The van der Waals surface area contributed by atoms with Gasteiger partial charge < -0.3 is 15.2 Å². The summed E-state index contributed by atoms with van der Waals surface area (Å²) in [6.07, 6.45) is 3.98. The lowest BCUT2D eigenvalue weighted by Gasteiger charge is -2.43. The zero-order chi connectivity index (χ0) is 24.3. The Balaban J connectivity index is 1.68. The molecule has 34 heavy (non-hydrogen) atoms. The van der Waals surface area contributed by atoms with Crippen LogP contribution in [0.2, 0.25) is 0 Å². The molecule has 1 saturated heterocycles. The highest BCUT2D eigenvalue weighted by atomic mass is 19.3.